The first-order valence-corrected chi connectivity index (χ1v) is 10.7. The Kier molecular flexibility index (Phi) is 6.56. The van der Waals surface area contributed by atoms with Crippen molar-refractivity contribution in [1.29, 1.82) is 0 Å². The molecule has 1 saturated heterocycles. The molecule has 0 aromatic heterocycles. The summed E-state index contributed by atoms with van der Waals surface area (Å²) in [6.45, 7) is 2.29. The van der Waals surface area contributed by atoms with Crippen LogP contribution in [0.25, 0.3) is 0 Å². The van der Waals surface area contributed by atoms with E-state index in [-0.39, 0.29) is 23.6 Å². The molecule has 3 nitrogen and oxygen atoms in total. The van der Waals surface area contributed by atoms with Crippen LogP contribution in [0.5, 0.6) is 0 Å². The predicted octanol–water partition coefficient (Wildman–Crippen LogP) is 5.82. The molecule has 0 N–H and O–H groups in total. The van der Waals surface area contributed by atoms with Gasteiger partial charge in [0.15, 0.2) is 0 Å². The van der Waals surface area contributed by atoms with E-state index in [4.69, 9.17) is 23.2 Å². The monoisotopic (exact) mass is 460 g/mol. The first kappa shape index (κ1) is 21.8. The third-order valence-corrected chi connectivity index (χ3v) is 6.24. The molecule has 0 aliphatic carbocycles. The highest BCUT2D eigenvalue weighted by atomic mass is 35.5. The fourth-order valence-corrected chi connectivity index (χ4v) is 4.20. The van der Waals surface area contributed by atoms with Crippen LogP contribution in [-0.4, -0.2) is 41.9 Å². The van der Waals surface area contributed by atoms with Crippen LogP contribution in [0.4, 0.5) is 8.78 Å². The number of halogens is 4. The lowest BCUT2D eigenvalue weighted by Crippen LogP contribution is -2.49. The second kappa shape index (κ2) is 9.35. The smallest absolute Gasteiger partial charge is 0.253 e. The quantitative estimate of drug-likeness (QED) is 0.489. The molecule has 0 saturated carbocycles. The zero-order valence-corrected chi connectivity index (χ0v) is 18.1. The number of rotatable bonds is 4. The van der Waals surface area contributed by atoms with Gasteiger partial charge in [-0.2, -0.15) is 0 Å². The van der Waals surface area contributed by atoms with E-state index in [1.54, 1.807) is 47.4 Å². The lowest BCUT2D eigenvalue weighted by molar-refractivity contribution is 0.0597. The number of hydrogen-bond acceptors (Lipinski definition) is 2. The average Bonchev–Trinajstić information content (AvgIpc) is 2.78. The molecule has 0 radical (unpaired) electrons. The lowest BCUT2D eigenvalue weighted by Gasteiger charge is -2.39. The summed E-state index contributed by atoms with van der Waals surface area (Å²) in [4.78, 5) is 16.9. The lowest BCUT2D eigenvalue weighted by atomic mass is 9.96. The van der Waals surface area contributed by atoms with Crippen LogP contribution in [-0.2, 0) is 0 Å². The van der Waals surface area contributed by atoms with Crippen molar-refractivity contribution in [2.75, 3.05) is 26.2 Å². The highest BCUT2D eigenvalue weighted by molar-refractivity contribution is 6.42. The molecule has 0 spiro atoms. The number of carbonyl (C=O) groups is 1. The normalized spacial score (nSPS) is 14.8. The SMILES string of the molecule is O=C(c1ccc(Cl)c(Cl)c1)N1CCN(C(c2ccc(F)cc2)c2ccc(F)cc2)CC1. The largest absolute Gasteiger partial charge is 0.336 e. The minimum atomic E-state index is -0.307. The van der Waals surface area contributed by atoms with Crippen LogP contribution in [0.1, 0.15) is 27.5 Å². The van der Waals surface area contributed by atoms with E-state index >= 15 is 0 Å². The molecule has 1 aliphatic rings. The van der Waals surface area contributed by atoms with E-state index in [9.17, 15) is 13.6 Å². The van der Waals surface area contributed by atoms with Gasteiger partial charge in [-0.15, -0.1) is 0 Å². The standard InChI is InChI=1S/C24H20Cl2F2N2O/c25-21-10-5-18(15-22(21)26)24(31)30-13-11-29(12-14-30)23(16-1-6-19(27)7-2-16)17-3-8-20(28)9-4-17/h1-10,15,23H,11-14H2. The summed E-state index contributed by atoms with van der Waals surface area (Å²) in [5.41, 5.74) is 2.33. The van der Waals surface area contributed by atoms with Gasteiger partial charge in [0.1, 0.15) is 11.6 Å². The summed E-state index contributed by atoms with van der Waals surface area (Å²) in [5, 5.41) is 0.753. The fraction of sp³-hybridized carbons (Fsp3) is 0.208. The summed E-state index contributed by atoms with van der Waals surface area (Å²) in [7, 11) is 0. The van der Waals surface area contributed by atoms with Crippen molar-refractivity contribution in [3.8, 4) is 0 Å². The summed E-state index contributed by atoms with van der Waals surface area (Å²) in [6.07, 6.45) is 0. The fourth-order valence-electron chi connectivity index (χ4n) is 3.90. The van der Waals surface area contributed by atoms with Crippen molar-refractivity contribution in [3.63, 3.8) is 0 Å². The molecule has 31 heavy (non-hydrogen) atoms. The van der Waals surface area contributed by atoms with Crippen LogP contribution in [0.2, 0.25) is 10.0 Å². The van der Waals surface area contributed by atoms with Crippen LogP contribution in [0.15, 0.2) is 66.7 Å². The highest BCUT2D eigenvalue weighted by Gasteiger charge is 2.29. The summed E-state index contributed by atoms with van der Waals surface area (Å²) < 4.78 is 27.0. The minimum Gasteiger partial charge on any atom is -0.336 e. The van der Waals surface area contributed by atoms with Crippen LogP contribution in [0.3, 0.4) is 0 Å². The topological polar surface area (TPSA) is 23.6 Å². The number of hydrogen-bond donors (Lipinski definition) is 0. The molecular formula is C24H20Cl2F2N2O. The molecule has 7 heteroatoms. The molecule has 3 aromatic carbocycles. The van der Waals surface area contributed by atoms with Crippen LogP contribution in [0, 0.1) is 11.6 Å². The Hall–Kier alpha value is -2.47. The second-order valence-corrected chi connectivity index (χ2v) is 8.28. The van der Waals surface area contributed by atoms with Gasteiger partial charge < -0.3 is 4.90 Å². The van der Waals surface area contributed by atoms with Gasteiger partial charge in [-0.1, -0.05) is 47.5 Å². The van der Waals surface area contributed by atoms with E-state index in [2.05, 4.69) is 4.90 Å². The maximum Gasteiger partial charge on any atom is 0.253 e. The zero-order valence-electron chi connectivity index (χ0n) is 16.6. The van der Waals surface area contributed by atoms with Crippen molar-refractivity contribution >= 4 is 29.1 Å². The molecule has 1 aliphatic heterocycles. The number of amides is 1. The Bertz CT molecular complexity index is 1020. The van der Waals surface area contributed by atoms with Gasteiger partial charge in [0.25, 0.3) is 5.91 Å². The number of carbonyl (C=O) groups excluding carboxylic acids is 1. The average molecular weight is 461 g/mol. The Morgan fingerprint density at radius 2 is 1.26 bits per heavy atom. The van der Waals surface area contributed by atoms with Gasteiger partial charge in [0.05, 0.1) is 16.1 Å². The molecule has 0 bridgehead atoms. The molecule has 1 fully saturated rings. The summed E-state index contributed by atoms with van der Waals surface area (Å²) in [6, 6.07) is 17.4. The molecule has 4 rings (SSSR count). The number of piperazine rings is 1. The second-order valence-electron chi connectivity index (χ2n) is 7.46. The van der Waals surface area contributed by atoms with Gasteiger partial charge in [-0.3, -0.25) is 9.69 Å². The maximum absolute atomic E-state index is 13.5. The van der Waals surface area contributed by atoms with Crippen molar-refractivity contribution in [3.05, 3.63) is 105 Å². The third kappa shape index (κ3) is 4.90. The van der Waals surface area contributed by atoms with E-state index in [1.807, 2.05) is 0 Å². The van der Waals surface area contributed by atoms with Gasteiger partial charge >= 0.3 is 0 Å². The van der Waals surface area contributed by atoms with E-state index in [1.165, 1.54) is 24.3 Å². The van der Waals surface area contributed by atoms with Crippen LogP contribution < -0.4 is 0 Å². The van der Waals surface area contributed by atoms with E-state index in [0.717, 1.165) is 11.1 Å². The molecule has 1 heterocycles. The first-order valence-electron chi connectivity index (χ1n) is 9.91. The Balaban J connectivity index is 1.53. The molecule has 3 aromatic rings. The summed E-state index contributed by atoms with van der Waals surface area (Å²) in [5.74, 6) is -0.712. The molecule has 160 valence electrons. The van der Waals surface area contributed by atoms with Crippen molar-refractivity contribution in [2.45, 2.75) is 6.04 Å². The third-order valence-electron chi connectivity index (χ3n) is 5.50. The Morgan fingerprint density at radius 3 is 1.74 bits per heavy atom. The molecule has 0 atom stereocenters. The zero-order chi connectivity index (χ0) is 22.0. The summed E-state index contributed by atoms with van der Waals surface area (Å²) >= 11 is 12.0. The molecular weight excluding hydrogens is 441 g/mol. The maximum atomic E-state index is 13.5. The van der Waals surface area contributed by atoms with Crippen LogP contribution >= 0.6 is 23.2 Å². The number of benzene rings is 3. The highest BCUT2D eigenvalue weighted by Crippen LogP contribution is 2.30. The van der Waals surface area contributed by atoms with E-state index < -0.39 is 0 Å². The number of nitrogens with zero attached hydrogens (tertiary/aromatic N) is 2. The first-order chi connectivity index (χ1) is 14.9. The Labute approximate surface area is 189 Å². The van der Waals surface area contributed by atoms with Gasteiger partial charge in [-0.05, 0) is 53.6 Å². The minimum absolute atomic E-state index is 0.0988. The van der Waals surface area contributed by atoms with Gasteiger partial charge in [0.2, 0.25) is 0 Å². The van der Waals surface area contributed by atoms with Crippen molar-refractivity contribution in [2.24, 2.45) is 0 Å². The van der Waals surface area contributed by atoms with Gasteiger partial charge in [0, 0.05) is 31.7 Å². The van der Waals surface area contributed by atoms with Gasteiger partial charge in [-0.25, -0.2) is 8.78 Å². The molecule has 1 amide bonds. The van der Waals surface area contributed by atoms with Crippen molar-refractivity contribution < 1.29 is 13.6 Å². The predicted molar refractivity (Wildman–Crippen MR) is 119 cm³/mol. The molecule has 0 unspecified atom stereocenters. The van der Waals surface area contributed by atoms with E-state index in [0.29, 0.717) is 41.8 Å². The van der Waals surface area contributed by atoms with Crippen molar-refractivity contribution in [1.82, 2.24) is 9.80 Å². The Morgan fingerprint density at radius 1 is 0.742 bits per heavy atom.